The molecule has 240 valence electrons. The van der Waals surface area contributed by atoms with Crippen LogP contribution in [0.5, 0.6) is 11.5 Å². The third-order valence-electron chi connectivity index (χ3n) is 7.92. The van der Waals surface area contributed by atoms with Gasteiger partial charge < -0.3 is 43.3 Å². The highest BCUT2D eigenvalue weighted by Crippen LogP contribution is 2.34. The average molecular weight is 721 g/mol. The highest BCUT2D eigenvalue weighted by molar-refractivity contribution is 5.81. The van der Waals surface area contributed by atoms with Crippen LogP contribution < -0.4 is 38.8 Å². The van der Waals surface area contributed by atoms with Gasteiger partial charge in [-0.05, 0) is 47.7 Å². The average Bonchev–Trinajstić information content (AvgIpc) is 3.04. The number of quaternary nitrogens is 1. The molecule has 45 heavy (non-hydrogen) atoms. The summed E-state index contributed by atoms with van der Waals surface area (Å²) in [5, 5.41) is 3.19. The number of hydrogen-bond donors (Lipinski definition) is 1. The second kappa shape index (κ2) is 19.2. The van der Waals surface area contributed by atoms with Crippen molar-refractivity contribution in [1.29, 1.82) is 0 Å². The molecule has 1 amide bonds. The molecule has 1 N–H and O–H groups in total. The molecule has 4 rings (SSSR count). The molecule has 0 radical (unpaired) electrons. The lowest BCUT2D eigenvalue weighted by Gasteiger charge is -2.33. The normalized spacial score (nSPS) is 11.7. The number of halogens is 1. The van der Waals surface area contributed by atoms with Crippen LogP contribution in [0.3, 0.4) is 0 Å². The van der Waals surface area contributed by atoms with E-state index in [-0.39, 0.29) is 35.9 Å². The second-order valence-electron chi connectivity index (χ2n) is 12.4. The van der Waals surface area contributed by atoms with E-state index < -0.39 is 0 Å². The van der Waals surface area contributed by atoms with E-state index in [1.807, 2.05) is 66.7 Å². The first-order chi connectivity index (χ1) is 21.4. The van der Waals surface area contributed by atoms with Crippen molar-refractivity contribution < 1.29 is 42.7 Å². The summed E-state index contributed by atoms with van der Waals surface area (Å²) in [5.74, 6) is 1.86. The summed E-state index contributed by atoms with van der Waals surface area (Å²) in [6.45, 7) is 1.96. The molecule has 0 bridgehead atoms. The Morgan fingerprint density at radius 1 is 0.689 bits per heavy atom. The van der Waals surface area contributed by atoms with E-state index in [1.165, 1.54) is 18.4 Å². The molecule has 1 unspecified atom stereocenters. The summed E-state index contributed by atoms with van der Waals surface area (Å²) < 4.78 is 13.0. The van der Waals surface area contributed by atoms with Gasteiger partial charge in [0.1, 0.15) is 18.1 Å². The van der Waals surface area contributed by atoms with Crippen LogP contribution in [0, 0.1) is 0 Å². The molecule has 4 aromatic carbocycles. The van der Waals surface area contributed by atoms with Crippen LogP contribution in [0.1, 0.15) is 49.7 Å². The quantitative estimate of drug-likeness (QED) is 0.0887. The summed E-state index contributed by atoms with van der Waals surface area (Å²) in [6, 6.07) is 36.9. The van der Waals surface area contributed by atoms with Crippen molar-refractivity contribution in [3.63, 3.8) is 0 Å². The number of likely N-dealkylation sites (N-methyl/N-ethyl adjacent to an activating group) is 1. The molecule has 0 spiro atoms. The fraction of sp³-hybridized carbons (Fsp3) is 0.359. The number of carbonyl (C=O) groups is 1. The Kier molecular flexibility index (Phi) is 15.4. The van der Waals surface area contributed by atoms with Gasteiger partial charge in [-0.15, -0.1) is 0 Å². The van der Waals surface area contributed by atoms with Gasteiger partial charge in [-0.3, -0.25) is 4.79 Å². The Labute approximate surface area is 287 Å². The van der Waals surface area contributed by atoms with Crippen LogP contribution in [0.2, 0.25) is 0 Å². The minimum atomic E-state index is -0.0980. The molecular formula is C39H49IN2O3. The molecule has 0 aromatic heterocycles. The first-order valence-electron chi connectivity index (χ1n) is 16.0. The van der Waals surface area contributed by atoms with Crippen molar-refractivity contribution in [2.24, 2.45) is 0 Å². The molecule has 0 saturated heterocycles. The lowest BCUT2D eigenvalue weighted by molar-refractivity contribution is -0.886. The third kappa shape index (κ3) is 12.5. The van der Waals surface area contributed by atoms with E-state index in [1.54, 1.807) is 0 Å². The zero-order valence-electron chi connectivity index (χ0n) is 27.1. The molecule has 0 aliphatic carbocycles. The van der Waals surface area contributed by atoms with Crippen molar-refractivity contribution in [2.45, 2.75) is 57.6 Å². The lowest BCUT2D eigenvalue weighted by Crippen LogP contribution is -3.00. The van der Waals surface area contributed by atoms with Crippen molar-refractivity contribution in [3.8, 4) is 22.6 Å². The predicted octanol–water partition coefficient (Wildman–Crippen LogP) is 5.09. The molecule has 0 aliphatic rings. The Morgan fingerprint density at radius 3 is 1.91 bits per heavy atom. The van der Waals surface area contributed by atoms with Gasteiger partial charge in [0.15, 0.2) is 6.04 Å². The smallest absolute Gasteiger partial charge is 0.278 e. The largest absolute Gasteiger partial charge is 1.00 e. The van der Waals surface area contributed by atoms with Gasteiger partial charge in [0, 0.05) is 18.5 Å². The van der Waals surface area contributed by atoms with E-state index in [0.29, 0.717) is 17.7 Å². The number of benzene rings is 4. The van der Waals surface area contributed by atoms with Crippen molar-refractivity contribution in [1.82, 2.24) is 5.32 Å². The number of nitrogens with one attached hydrogen (secondary N) is 1. The van der Waals surface area contributed by atoms with E-state index in [9.17, 15) is 4.79 Å². The van der Waals surface area contributed by atoms with Crippen LogP contribution in [-0.2, 0) is 17.8 Å². The molecule has 1 atom stereocenters. The standard InChI is InChI=1S/C39H48N2O3.HI/c1-41(2,3)37(29-32-19-11-8-12-20-32)39(42)40-27-17-6-4-5-7-18-28-43-35-25-26-38(44-31-33-21-13-9-14-22-33)36(30-35)34-23-15-10-16-24-34;/h8-16,19-26,30,37H,4-7,17-18,27-29,31H2,1-3H3;1H. The van der Waals surface area contributed by atoms with Crippen LogP contribution >= 0.6 is 0 Å². The predicted molar refractivity (Wildman–Crippen MR) is 181 cm³/mol. The highest BCUT2D eigenvalue weighted by atomic mass is 127. The SMILES string of the molecule is C[N+](C)(C)C(Cc1ccccc1)C(=O)NCCCCCCCCOc1ccc(OCc2ccccc2)c(-c2ccccc2)c1.[I-]. The molecule has 0 heterocycles. The summed E-state index contributed by atoms with van der Waals surface area (Å²) in [5.41, 5.74) is 4.50. The fourth-order valence-electron chi connectivity index (χ4n) is 5.31. The van der Waals surface area contributed by atoms with Gasteiger partial charge in [0.2, 0.25) is 0 Å². The number of carbonyl (C=O) groups excluding carboxylic acids is 1. The van der Waals surface area contributed by atoms with Crippen LogP contribution in [0.4, 0.5) is 0 Å². The molecule has 0 fully saturated rings. The van der Waals surface area contributed by atoms with Gasteiger partial charge in [-0.1, -0.05) is 117 Å². The minimum Gasteiger partial charge on any atom is -1.00 e. The fourth-order valence-corrected chi connectivity index (χ4v) is 5.31. The first-order valence-corrected chi connectivity index (χ1v) is 16.0. The zero-order chi connectivity index (χ0) is 31.0. The summed E-state index contributed by atoms with van der Waals surface area (Å²) in [6.07, 6.45) is 7.39. The summed E-state index contributed by atoms with van der Waals surface area (Å²) in [7, 11) is 6.28. The maximum absolute atomic E-state index is 13.0. The molecular weight excluding hydrogens is 671 g/mol. The van der Waals surface area contributed by atoms with E-state index in [0.717, 1.165) is 66.8 Å². The third-order valence-corrected chi connectivity index (χ3v) is 7.92. The minimum absolute atomic E-state index is 0. The molecule has 6 heteroatoms. The number of rotatable bonds is 18. The maximum Gasteiger partial charge on any atom is 0.278 e. The Morgan fingerprint density at radius 2 is 1.27 bits per heavy atom. The van der Waals surface area contributed by atoms with Crippen LogP contribution in [0.25, 0.3) is 11.1 Å². The monoisotopic (exact) mass is 720 g/mol. The van der Waals surface area contributed by atoms with Gasteiger partial charge in [0.05, 0.1) is 27.7 Å². The molecule has 4 aromatic rings. The van der Waals surface area contributed by atoms with Gasteiger partial charge >= 0.3 is 0 Å². The lowest BCUT2D eigenvalue weighted by atomic mass is 10.0. The number of nitrogens with zero attached hydrogens (tertiary/aromatic N) is 1. The second-order valence-corrected chi connectivity index (χ2v) is 12.4. The van der Waals surface area contributed by atoms with Gasteiger partial charge in [-0.2, -0.15) is 0 Å². The number of hydrogen-bond acceptors (Lipinski definition) is 3. The topological polar surface area (TPSA) is 47.6 Å². The number of unbranched alkanes of at least 4 members (excludes halogenated alkanes) is 5. The van der Waals surface area contributed by atoms with Crippen LogP contribution in [0.15, 0.2) is 109 Å². The van der Waals surface area contributed by atoms with Crippen molar-refractivity contribution in [3.05, 3.63) is 120 Å². The number of ether oxygens (including phenoxy) is 2. The summed E-state index contributed by atoms with van der Waals surface area (Å²) >= 11 is 0. The Balaban J connectivity index is 0.00000552. The zero-order valence-corrected chi connectivity index (χ0v) is 29.2. The van der Waals surface area contributed by atoms with Crippen molar-refractivity contribution >= 4 is 5.91 Å². The Bertz CT molecular complexity index is 1390. The van der Waals surface area contributed by atoms with E-state index >= 15 is 0 Å². The maximum atomic E-state index is 13.0. The molecule has 0 aliphatic heterocycles. The number of amides is 1. The first kappa shape index (κ1) is 36.1. The summed E-state index contributed by atoms with van der Waals surface area (Å²) in [4.78, 5) is 13.0. The highest BCUT2D eigenvalue weighted by Gasteiger charge is 2.31. The van der Waals surface area contributed by atoms with Gasteiger partial charge in [0.25, 0.3) is 5.91 Å². The van der Waals surface area contributed by atoms with E-state index in [2.05, 4.69) is 68.9 Å². The van der Waals surface area contributed by atoms with Gasteiger partial charge in [-0.25, -0.2) is 0 Å². The molecule has 5 nitrogen and oxygen atoms in total. The molecule has 0 saturated carbocycles. The van der Waals surface area contributed by atoms with Crippen molar-refractivity contribution in [2.75, 3.05) is 34.3 Å². The Hall–Kier alpha value is -3.36. The van der Waals surface area contributed by atoms with Crippen LogP contribution in [-0.4, -0.2) is 50.7 Å². The van der Waals surface area contributed by atoms with E-state index in [4.69, 9.17) is 9.47 Å².